The van der Waals surface area contributed by atoms with E-state index >= 15 is 0 Å². The second kappa shape index (κ2) is 18.5. The Morgan fingerprint density at radius 1 is 1.02 bits per heavy atom. The van der Waals surface area contributed by atoms with E-state index in [4.69, 9.17) is 9.47 Å². The van der Waals surface area contributed by atoms with Gasteiger partial charge in [-0.15, -0.1) is 0 Å². The number of piperazine rings is 1. The molecule has 0 saturated carbocycles. The predicted molar refractivity (Wildman–Crippen MR) is 241 cm³/mol. The number of alkyl halides is 3. The highest BCUT2D eigenvalue weighted by molar-refractivity contribution is 7.90. The number of nitrogens with zero attached hydrogens (tertiary/aromatic N) is 5. The normalized spacial score (nSPS) is 18.6. The SMILES string of the molecule is CCN1CCC(COc2ccc(S(=O)(=O)NC(=O)c3cccc(N4CCN(CC5=C(c6ccc(C(F)(F)F)cc6)CC(C)(C)CC5)CC4)c3Oc3cnc4[nH]ccc4c3)cc2[N+](=O)[O-])C1. The van der Waals surface area contributed by atoms with Gasteiger partial charge >= 0.3 is 11.9 Å². The lowest BCUT2D eigenvalue weighted by atomic mass is 9.72. The number of ether oxygens (including phenoxy) is 2. The average Bonchev–Trinajstić information content (AvgIpc) is 3.96. The molecule has 65 heavy (non-hydrogen) atoms. The molecule has 2 saturated heterocycles. The summed E-state index contributed by atoms with van der Waals surface area (Å²) in [5.74, 6) is -0.503. The molecule has 18 heteroatoms. The van der Waals surface area contributed by atoms with Crippen LogP contribution >= 0.6 is 0 Å². The van der Waals surface area contributed by atoms with E-state index < -0.39 is 43.2 Å². The summed E-state index contributed by atoms with van der Waals surface area (Å²) < 4.78 is 82.2. The molecular weight excluding hydrogens is 864 g/mol. The molecular formula is C47H52F3N7O7S. The van der Waals surface area contributed by atoms with Gasteiger partial charge in [0.25, 0.3) is 15.9 Å². The highest BCUT2D eigenvalue weighted by atomic mass is 32.2. The minimum Gasteiger partial charge on any atom is -0.486 e. The van der Waals surface area contributed by atoms with Crippen LogP contribution in [-0.4, -0.2) is 98.0 Å². The molecule has 0 spiro atoms. The second-order valence-corrected chi connectivity index (χ2v) is 19.5. The third-order valence-electron chi connectivity index (χ3n) is 12.7. The van der Waals surface area contributed by atoms with Crippen molar-refractivity contribution in [2.24, 2.45) is 11.3 Å². The molecule has 3 aromatic carbocycles. The zero-order chi connectivity index (χ0) is 46.1. The maximum Gasteiger partial charge on any atom is 0.416 e. The Bertz CT molecular complexity index is 2710. The van der Waals surface area contributed by atoms with Crippen molar-refractivity contribution in [1.82, 2.24) is 24.5 Å². The van der Waals surface area contributed by atoms with Gasteiger partial charge in [0.1, 0.15) is 11.4 Å². The maximum atomic E-state index is 14.1. The third-order valence-corrected chi connectivity index (χ3v) is 14.0. The molecule has 0 bridgehead atoms. The summed E-state index contributed by atoms with van der Waals surface area (Å²) in [6, 6.07) is 17.2. The standard InChI is InChI=1S/C47H52F3N7O7S/c1-4-54-19-16-31(28-54)30-63-42-13-12-37(25-41(42)57(59)60)65(61,62)53-45(58)38-6-5-7-40(43(38)64-36-24-33-15-18-51-44(33)52-27-36)56-22-20-55(21-23-56)29-34-14-17-46(2,3)26-39(34)32-8-10-35(11-9-32)47(48,49)50/h5-13,15,18,24-25,27,31H,4,14,16-17,19-23,26,28-30H2,1-3H3,(H,51,52)(H,53,58). The summed E-state index contributed by atoms with van der Waals surface area (Å²) in [4.78, 5) is 39.2. The number of aromatic nitrogens is 2. The number of likely N-dealkylation sites (tertiary alicyclic amines) is 1. The number of halogens is 3. The topological polar surface area (TPSA) is 163 Å². The van der Waals surface area contributed by atoms with Crippen molar-refractivity contribution in [2.45, 2.75) is 57.5 Å². The van der Waals surface area contributed by atoms with E-state index in [1.807, 2.05) is 6.07 Å². The molecule has 2 fully saturated rings. The predicted octanol–water partition coefficient (Wildman–Crippen LogP) is 8.91. The van der Waals surface area contributed by atoms with Crippen LogP contribution in [0.25, 0.3) is 16.6 Å². The number of pyridine rings is 1. The Kier molecular flexibility index (Phi) is 13.0. The number of amides is 1. The number of rotatable bonds is 14. The zero-order valence-electron chi connectivity index (χ0n) is 36.5. The van der Waals surface area contributed by atoms with E-state index in [-0.39, 0.29) is 35.0 Å². The first-order valence-electron chi connectivity index (χ1n) is 21.8. The van der Waals surface area contributed by atoms with Crippen LogP contribution in [0.4, 0.5) is 24.5 Å². The maximum absolute atomic E-state index is 14.1. The van der Waals surface area contributed by atoms with Gasteiger partial charge in [0.05, 0.1) is 39.4 Å². The van der Waals surface area contributed by atoms with Crippen molar-refractivity contribution in [1.29, 1.82) is 0 Å². The fourth-order valence-corrected chi connectivity index (χ4v) is 9.94. The number of carbonyl (C=O) groups excluding carboxylic acids is 1. The Morgan fingerprint density at radius 2 is 1.78 bits per heavy atom. The highest BCUT2D eigenvalue weighted by Gasteiger charge is 2.34. The second-order valence-electron chi connectivity index (χ2n) is 17.8. The summed E-state index contributed by atoms with van der Waals surface area (Å²) >= 11 is 0. The van der Waals surface area contributed by atoms with Gasteiger partial charge in [-0.05, 0) is 104 Å². The van der Waals surface area contributed by atoms with Gasteiger partial charge in [-0.2, -0.15) is 13.2 Å². The van der Waals surface area contributed by atoms with Crippen molar-refractivity contribution in [3.63, 3.8) is 0 Å². The largest absolute Gasteiger partial charge is 0.486 e. The van der Waals surface area contributed by atoms with Gasteiger partial charge in [0.2, 0.25) is 0 Å². The van der Waals surface area contributed by atoms with Crippen molar-refractivity contribution in [3.8, 4) is 17.2 Å². The third kappa shape index (κ3) is 10.4. The molecule has 5 aromatic rings. The summed E-state index contributed by atoms with van der Waals surface area (Å²) in [5, 5.41) is 12.9. The van der Waals surface area contributed by atoms with Gasteiger partial charge in [-0.25, -0.2) is 18.1 Å². The molecule has 1 aliphatic carbocycles. The molecule has 1 atom stereocenters. The summed E-state index contributed by atoms with van der Waals surface area (Å²) in [5.41, 5.74) is 2.93. The van der Waals surface area contributed by atoms with E-state index in [0.29, 0.717) is 49.8 Å². The molecule has 2 aromatic heterocycles. The minimum absolute atomic E-state index is 0.00221. The number of nitrogens with one attached hydrogen (secondary N) is 2. The van der Waals surface area contributed by atoms with Crippen LogP contribution in [-0.2, 0) is 16.2 Å². The molecule has 3 aliphatic rings. The lowest BCUT2D eigenvalue weighted by Crippen LogP contribution is -2.47. The van der Waals surface area contributed by atoms with Crippen molar-refractivity contribution >= 4 is 43.9 Å². The number of aromatic amines is 1. The molecule has 1 amide bonds. The van der Waals surface area contributed by atoms with E-state index in [1.54, 1.807) is 36.5 Å². The summed E-state index contributed by atoms with van der Waals surface area (Å²) in [7, 11) is -4.65. The number of sulfonamides is 1. The quantitative estimate of drug-likeness (QED) is 0.0808. The Morgan fingerprint density at radius 3 is 2.49 bits per heavy atom. The number of benzene rings is 3. The lowest BCUT2D eigenvalue weighted by molar-refractivity contribution is -0.386. The molecule has 1 unspecified atom stereocenters. The number of anilines is 1. The highest BCUT2D eigenvalue weighted by Crippen LogP contribution is 2.44. The monoisotopic (exact) mass is 915 g/mol. The van der Waals surface area contributed by atoms with Crippen molar-refractivity contribution in [3.05, 3.63) is 118 Å². The average molecular weight is 916 g/mol. The van der Waals surface area contributed by atoms with Crippen molar-refractivity contribution in [2.75, 3.05) is 63.9 Å². The van der Waals surface area contributed by atoms with Gasteiger partial charge in [0.15, 0.2) is 11.5 Å². The van der Waals surface area contributed by atoms with Crippen LogP contribution < -0.4 is 19.1 Å². The van der Waals surface area contributed by atoms with Gasteiger partial charge in [0, 0.05) is 62.8 Å². The van der Waals surface area contributed by atoms with Gasteiger partial charge in [-0.1, -0.05) is 44.5 Å². The van der Waals surface area contributed by atoms with Crippen molar-refractivity contribution < 1.29 is 40.8 Å². The molecule has 2 aliphatic heterocycles. The minimum atomic E-state index is -4.65. The van der Waals surface area contributed by atoms with E-state index in [0.717, 1.165) is 80.0 Å². The number of fused-ring (bicyclic) bond motifs is 1. The smallest absolute Gasteiger partial charge is 0.416 e. The first kappa shape index (κ1) is 45.6. The van der Waals surface area contributed by atoms with Crippen LogP contribution in [0.1, 0.15) is 67.9 Å². The fraction of sp³-hybridized carbons (Fsp3) is 0.404. The molecule has 4 heterocycles. The zero-order valence-corrected chi connectivity index (χ0v) is 37.3. The van der Waals surface area contributed by atoms with Crippen LogP contribution in [0.3, 0.4) is 0 Å². The van der Waals surface area contributed by atoms with Gasteiger partial charge < -0.3 is 24.3 Å². The van der Waals surface area contributed by atoms with E-state index in [9.17, 15) is 36.5 Å². The Hall–Kier alpha value is -5.98. The number of hydrogen-bond acceptors (Lipinski definition) is 11. The van der Waals surface area contributed by atoms with Crippen LogP contribution in [0, 0.1) is 21.4 Å². The van der Waals surface area contributed by atoms with E-state index in [1.165, 1.54) is 30.0 Å². The molecule has 344 valence electrons. The lowest BCUT2D eigenvalue weighted by Gasteiger charge is -2.39. The first-order chi connectivity index (χ1) is 31.0. The molecule has 0 radical (unpaired) electrons. The number of carbonyl (C=O) groups is 1. The molecule has 8 rings (SSSR count). The van der Waals surface area contributed by atoms with Crippen LogP contribution in [0.2, 0.25) is 0 Å². The first-order valence-corrected chi connectivity index (χ1v) is 23.3. The van der Waals surface area contributed by atoms with Crippen LogP contribution in [0.5, 0.6) is 17.2 Å². The number of nitro benzene ring substituents is 1. The summed E-state index contributed by atoms with van der Waals surface area (Å²) in [6.07, 6.45) is 2.22. The molecule has 2 N–H and O–H groups in total. The number of hydrogen-bond donors (Lipinski definition) is 2. The summed E-state index contributed by atoms with van der Waals surface area (Å²) in [6.45, 7) is 12.2. The molecule has 14 nitrogen and oxygen atoms in total. The van der Waals surface area contributed by atoms with Crippen LogP contribution in [0.15, 0.2) is 95.7 Å². The number of H-pyrrole nitrogens is 1. The Labute approximate surface area is 375 Å². The number of nitro groups is 1. The number of allylic oxidation sites excluding steroid dienone is 1. The fourth-order valence-electron chi connectivity index (χ4n) is 8.95. The van der Waals surface area contributed by atoms with E-state index in [2.05, 4.69) is 50.2 Å². The van der Waals surface area contributed by atoms with Gasteiger partial charge in [-0.3, -0.25) is 19.8 Å². The number of para-hydroxylation sites is 1. The Balaban J connectivity index is 1.03.